The first-order chi connectivity index (χ1) is 13.6. The van der Waals surface area contributed by atoms with Crippen molar-refractivity contribution in [1.29, 1.82) is 0 Å². The van der Waals surface area contributed by atoms with Crippen molar-refractivity contribution in [3.63, 3.8) is 0 Å². The summed E-state index contributed by atoms with van der Waals surface area (Å²) in [6, 6.07) is 11.4. The topological polar surface area (TPSA) is 71.8 Å². The highest BCUT2D eigenvalue weighted by Gasteiger charge is 2.37. The van der Waals surface area contributed by atoms with Crippen molar-refractivity contribution >= 4 is 23.4 Å². The molecular formula is C19H17F2N5OS. The Morgan fingerprint density at radius 1 is 1.18 bits per heavy atom. The van der Waals surface area contributed by atoms with Crippen LogP contribution >= 0.6 is 11.8 Å². The van der Waals surface area contributed by atoms with Gasteiger partial charge < -0.3 is 10.7 Å². The first-order valence-corrected chi connectivity index (χ1v) is 9.63. The Balaban J connectivity index is 1.68. The highest BCUT2D eigenvalue weighted by molar-refractivity contribution is 8.00. The first-order valence-electron chi connectivity index (χ1n) is 8.75. The summed E-state index contributed by atoms with van der Waals surface area (Å²) in [7, 11) is 0. The molecule has 144 valence electrons. The van der Waals surface area contributed by atoms with Crippen LogP contribution in [0.4, 0.5) is 14.5 Å². The summed E-state index contributed by atoms with van der Waals surface area (Å²) >= 11 is 1.23. The van der Waals surface area contributed by atoms with E-state index in [4.69, 9.17) is 0 Å². The maximum atomic E-state index is 14.0. The molecule has 1 aliphatic heterocycles. The second kappa shape index (κ2) is 7.59. The zero-order valence-corrected chi connectivity index (χ0v) is 15.7. The Morgan fingerprint density at radius 3 is 2.64 bits per heavy atom. The van der Waals surface area contributed by atoms with Gasteiger partial charge in [0.2, 0.25) is 11.1 Å². The number of nitrogens with one attached hydrogen (secondary N) is 2. The highest BCUT2D eigenvalue weighted by atomic mass is 32.2. The van der Waals surface area contributed by atoms with E-state index < -0.39 is 17.1 Å². The predicted molar refractivity (Wildman–Crippen MR) is 103 cm³/mol. The van der Waals surface area contributed by atoms with Crippen molar-refractivity contribution in [2.45, 2.75) is 29.8 Å². The monoisotopic (exact) mass is 401 g/mol. The van der Waals surface area contributed by atoms with E-state index in [-0.39, 0.29) is 17.4 Å². The van der Waals surface area contributed by atoms with Crippen LogP contribution < -0.4 is 10.7 Å². The van der Waals surface area contributed by atoms with Crippen LogP contribution in [0, 0.1) is 11.6 Å². The van der Waals surface area contributed by atoms with Crippen LogP contribution in [0.1, 0.15) is 24.4 Å². The molecule has 9 heteroatoms. The highest BCUT2D eigenvalue weighted by Crippen LogP contribution is 2.37. The van der Waals surface area contributed by atoms with Crippen molar-refractivity contribution in [1.82, 2.24) is 14.9 Å². The number of halogens is 2. The van der Waals surface area contributed by atoms with Gasteiger partial charge in [-0.15, -0.1) is 10.2 Å². The van der Waals surface area contributed by atoms with Gasteiger partial charge in [-0.05, 0) is 29.8 Å². The molecule has 2 heterocycles. The maximum absolute atomic E-state index is 14.0. The summed E-state index contributed by atoms with van der Waals surface area (Å²) in [6.45, 7) is 1.95. The van der Waals surface area contributed by atoms with E-state index in [0.29, 0.717) is 11.6 Å². The lowest BCUT2D eigenvalue weighted by atomic mass is 10.0. The van der Waals surface area contributed by atoms with Crippen LogP contribution in [0.2, 0.25) is 0 Å². The molecule has 2 aromatic carbocycles. The Kier molecular flexibility index (Phi) is 4.99. The van der Waals surface area contributed by atoms with E-state index in [0.717, 1.165) is 11.4 Å². The van der Waals surface area contributed by atoms with Crippen LogP contribution in [0.25, 0.3) is 0 Å². The van der Waals surface area contributed by atoms with E-state index in [2.05, 4.69) is 20.9 Å². The number of anilines is 1. The number of nitrogens with zero attached hydrogens (tertiary/aromatic N) is 3. The standard InChI is InChI=1S/C19H17F2N5OS/c1-2-15-23-24-19-26(15)25-16(11-7-9-12(20)10-8-11)17(28-19)18(27)22-14-6-4-3-5-13(14)21/h3-10,16-17,25H,2H2,1H3,(H,22,27)/t16-,17-/m1/s1. The summed E-state index contributed by atoms with van der Waals surface area (Å²) in [5.74, 6) is -0.537. The zero-order chi connectivity index (χ0) is 19.7. The Bertz CT molecular complexity index is 1010. The largest absolute Gasteiger partial charge is 0.323 e. The van der Waals surface area contributed by atoms with E-state index in [1.54, 1.807) is 28.9 Å². The molecule has 0 spiro atoms. The summed E-state index contributed by atoms with van der Waals surface area (Å²) in [5.41, 5.74) is 4.09. The predicted octanol–water partition coefficient (Wildman–Crippen LogP) is 3.52. The first kappa shape index (κ1) is 18.4. The van der Waals surface area contributed by atoms with Gasteiger partial charge in [-0.25, -0.2) is 13.5 Å². The molecule has 0 bridgehead atoms. The fourth-order valence-electron chi connectivity index (χ4n) is 3.01. The van der Waals surface area contributed by atoms with Crippen molar-refractivity contribution in [3.05, 3.63) is 71.6 Å². The lowest BCUT2D eigenvalue weighted by Crippen LogP contribution is -2.41. The van der Waals surface area contributed by atoms with Gasteiger partial charge in [-0.3, -0.25) is 4.79 Å². The normalized spacial score (nSPS) is 18.2. The second-order valence-corrected chi connectivity index (χ2v) is 7.36. The Hall–Kier alpha value is -2.94. The number of hydrogen-bond acceptors (Lipinski definition) is 5. The Labute approximate surface area is 164 Å². The number of carbonyl (C=O) groups excluding carboxylic acids is 1. The van der Waals surface area contributed by atoms with E-state index in [9.17, 15) is 13.6 Å². The molecular weight excluding hydrogens is 384 g/mol. The smallest absolute Gasteiger partial charge is 0.240 e. The van der Waals surface area contributed by atoms with Gasteiger partial charge in [0.1, 0.15) is 16.9 Å². The Morgan fingerprint density at radius 2 is 1.93 bits per heavy atom. The third-order valence-electron chi connectivity index (χ3n) is 4.44. The average Bonchev–Trinajstić information content (AvgIpc) is 3.11. The lowest BCUT2D eigenvalue weighted by molar-refractivity contribution is -0.116. The molecule has 1 aliphatic rings. The van der Waals surface area contributed by atoms with Crippen LogP contribution in [-0.2, 0) is 11.2 Å². The molecule has 2 atom stereocenters. The average molecular weight is 401 g/mol. The minimum absolute atomic E-state index is 0.104. The summed E-state index contributed by atoms with van der Waals surface area (Å²) < 4.78 is 29.1. The zero-order valence-electron chi connectivity index (χ0n) is 14.9. The molecule has 4 rings (SSSR count). The molecule has 0 saturated heterocycles. The van der Waals surface area contributed by atoms with Gasteiger partial charge in [-0.2, -0.15) is 0 Å². The number of benzene rings is 2. The van der Waals surface area contributed by atoms with Gasteiger partial charge in [-0.1, -0.05) is 43.0 Å². The SMILES string of the molecule is CCc1nnc2n1N[C@H](c1ccc(F)cc1)[C@H](C(=O)Nc1ccccc1F)S2. The van der Waals surface area contributed by atoms with Crippen molar-refractivity contribution in [2.24, 2.45) is 0 Å². The number of hydrogen-bond donors (Lipinski definition) is 2. The molecule has 1 amide bonds. The van der Waals surface area contributed by atoms with Crippen LogP contribution in [-0.4, -0.2) is 26.0 Å². The number of amides is 1. The van der Waals surface area contributed by atoms with E-state index >= 15 is 0 Å². The number of fused-ring (bicyclic) bond motifs is 1. The number of carbonyl (C=O) groups is 1. The number of para-hydroxylation sites is 1. The molecule has 0 aliphatic carbocycles. The quantitative estimate of drug-likeness (QED) is 0.700. The fraction of sp³-hybridized carbons (Fsp3) is 0.211. The molecule has 0 fully saturated rings. The van der Waals surface area contributed by atoms with Crippen molar-refractivity contribution in [3.8, 4) is 0 Å². The fourth-order valence-corrected chi connectivity index (χ4v) is 4.11. The van der Waals surface area contributed by atoms with E-state index in [1.165, 1.54) is 36.0 Å². The van der Waals surface area contributed by atoms with E-state index in [1.807, 2.05) is 6.92 Å². The molecule has 0 radical (unpaired) electrons. The third-order valence-corrected chi connectivity index (χ3v) is 5.65. The summed E-state index contributed by atoms with van der Waals surface area (Å²) in [4.78, 5) is 13.0. The molecule has 0 saturated carbocycles. The van der Waals surface area contributed by atoms with Gasteiger partial charge in [0.25, 0.3) is 0 Å². The van der Waals surface area contributed by atoms with Gasteiger partial charge in [0, 0.05) is 6.42 Å². The van der Waals surface area contributed by atoms with Crippen LogP contribution in [0.15, 0.2) is 53.7 Å². The minimum Gasteiger partial charge on any atom is -0.323 e. The maximum Gasteiger partial charge on any atom is 0.240 e. The van der Waals surface area contributed by atoms with Crippen LogP contribution in [0.5, 0.6) is 0 Å². The summed E-state index contributed by atoms with van der Waals surface area (Å²) in [5, 5.41) is 10.8. The summed E-state index contributed by atoms with van der Waals surface area (Å²) in [6.07, 6.45) is 0.656. The molecule has 6 nitrogen and oxygen atoms in total. The molecule has 3 aromatic rings. The van der Waals surface area contributed by atoms with Gasteiger partial charge >= 0.3 is 0 Å². The number of aromatic nitrogens is 3. The molecule has 28 heavy (non-hydrogen) atoms. The second-order valence-electron chi connectivity index (χ2n) is 6.25. The molecule has 2 N–H and O–H groups in total. The lowest BCUT2D eigenvalue weighted by Gasteiger charge is -2.33. The van der Waals surface area contributed by atoms with Crippen molar-refractivity contribution < 1.29 is 13.6 Å². The number of aryl methyl sites for hydroxylation is 1. The molecule has 1 aromatic heterocycles. The minimum atomic E-state index is -0.661. The van der Waals surface area contributed by atoms with Gasteiger partial charge in [0.15, 0.2) is 5.82 Å². The molecule has 0 unspecified atom stereocenters. The third kappa shape index (κ3) is 3.45. The number of rotatable bonds is 4. The van der Waals surface area contributed by atoms with Crippen LogP contribution in [0.3, 0.4) is 0 Å². The van der Waals surface area contributed by atoms with Crippen molar-refractivity contribution in [2.75, 3.05) is 10.7 Å². The van der Waals surface area contributed by atoms with Gasteiger partial charge in [0.05, 0.1) is 11.7 Å². The number of thioether (sulfide) groups is 1.